The lowest BCUT2D eigenvalue weighted by Crippen LogP contribution is -2.17. The fourth-order valence-corrected chi connectivity index (χ4v) is 1.70. The molecular weight excluding hydrogens is 281 g/mol. The predicted octanol–water partition coefficient (Wildman–Crippen LogP) is 2.83. The van der Waals surface area contributed by atoms with Gasteiger partial charge in [-0.25, -0.2) is 9.82 Å². The Hall–Kier alpha value is -2.40. The van der Waals surface area contributed by atoms with Gasteiger partial charge in [-0.1, -0.05) is 17.7 Å². The second kappa shape index (κ2) is 6.16. The molecule has 0 aliphatic heterocycles. The van der Waals surface area contributed by atoms with Gasteiger partial charge in [-0.3, -0.25) is 4.79 Å². The summed E-state index contributed by atoms with van der Waals surface area (Å²) in [6.45, 7) is 0. The maximum absolute atomic E-state index is 13.4. The highest BCUT2D eigenvalue weighted by molar-refractivity contribution is 6.33. The van der Waals surface area contributed by atoms with E-state index in [0.717, 1.165) is 6.21 Å². The van der Waals surface area contributed by atoms with Gasteiger partial charge in [0, 0.05) is 16.8 Å². The first-order valence-electron chi connectivity index (χ1n) is 5.71. The zero-order valence-corrected chi connectivity index (χ0v) is 11.1. The third-order valence-corrected chi connectivity index (χ3v) is 2.86. The zero-order chi connectivity index (χ0) is 14.5. The van der Waals surface area contributed by atoms with Crippen molar-refractivity contribution in [1.29, 1.82) is 0 Å². The van der Waals surface area contributed by atoms with E-state index in [9.17, 15) is 9.18 Å². The van der Waals surface area contributed by atoms with E-state index < -0.39 is 11.7 Å². The molecule has 20 heavy (non-hydrogen) atoms. The molecule has 1 amide bonds. The van der Waals surface area contributed by atoms with E-state index in [1.54, 1.807) is 24.3 Å². The number of hydrazone groups is 1. The molecule has 0 aliphatic carbocycles. The van der Waals surface area contributed by atoms with Crippen molar-refractivity contribution >= 4 is 29.4 Å². The lowest BCUT2D eigenvalue weighted by Gasteiger charge is -2.01. The lowest BCUT2D eigenvalue weighted by molar-refractivity contribution is 0.0955. The summed E-state index contributed by atoms with van der Waals surface area (Å²) in [6, 6.07) is 10.6. The topological polar surface area (TPSA) is 67.5 Å². The number of halogens is 2. The Balaban J connectivity index is 2.06. The molecule has 2 aromatic rings. The number of carbonyl (C=O) groups is 1. The van der Waals surface area contributed by atoms with E-state index in [0.29, 0.717) is 11.3 Å². The normalized spacial score (nSPS) is 10.7. The summed E-state index contributed by atoms with van der Waals surface area (Å²) in [4.78, 5) is 11.7. The fourth-order valence-electron chi connectivity index (χ4n) is 1.49. The largest absolute Gasteiger partial charge is 0.399 e. The van der Waals surface area contributed by atoms with Crippen molar-refractivity contribution < 1.29 is 9.18 Å². The zero-order valence-electron chi connectivity index (χ0n) is 10.3. The molecule has 2 rings (SSSR count). The van der Waals surface area contributed by atoms with Crippen LogP contribution in [-0.2, 0) is 0 Å². The van der Waals surface area contributed by atoms with Crippen LogP contribution in [0.1, 0.15) is 15.9 Å². The molecule has 6 heteroatoms. The summed E-state index contributed by atoms with van der Waals surface area (Å²) in [6.07, 6.45) is 1.16. The molecule has 0 fully saturated rings. The Bertz CT molecular complexity index is 636. The molecule has 0 aliphatic rings. The van der Waals surface area contributed by atoms with Gasteiger partial charge in [0.1, 0.15) is 5.82 Å². The van der Waals surface area contributed by atoms with Crippen LogP contribution in [0.5, 0.6) is 0 Å². The smallest absolute Gasteiger partial charge is 0.271 e. The summed E-state index contributed by atoms with van der Waals surface area (Å²) in [5.41, 5.74) is 8.88. The molecule has 0 aromatic heterocycles. The second-order valence-corrected chi connectivity index (χ2v) is 4.36. The molecule has 0 radical (unpaired) electrons. The quantitative estimate of drug-likeness (QED) is 0.519. The Morgan fingerprint density at radius 3 is 2.60 bits per heavy atom. The van der Waals surface area contributed by atoms with Crippen LogP contribution >= 0.6 is 11.6 Å². The molecule has 0 unspecified atom stereocenters. The van der Waals surface area contributed by atoms with Crippen LogP contribution in [0.2, 0.25) is 5.02 Å². The van der Waals surface area contributed by atoms with Gasteiger partial charge >= 0.3 is 0 Å². The van der Waals surface area contributed by atoms with Crippen LogP contribution in [0, 0.1) is 5.82 Å². The van der Waals surface area contributed by atoms with Crippen molar-refractivity contribution in [3.63, 3.8) is 0 Å². The molecule has 0 spiro atoms. The third kappa shape index (κ3) is 3.33. The van der Waals surface area contributed by atoms with Crippen LogP contribution < -0.4 is 11.2 Å². The molecular formula is C14H11ClFN3O. The van der Waals surface area contributed by atoms with Crippen molar-refractivity contribution in [2.75, 3.05) is 5.73 Å². The first kappa shape index (κ1) is 14.0. The van der Waals surface area contributed by atoms with Gasteiger partial charge in [-0.15, -0.1) is 0 Å². The Morgan fingerprint density at radius 2 is 1.95 bits per heavy atom. The molecule has 0 saturated heterocycles. The monoisotopic (exact) mass is 291 g/mol. The SMILES string of the molecule is Nc1ccc(C(=O)N/N=C\c2c(F)cccc2Cl)cc1. The van der Waals surface area contributed by atoms with Gasteiger partial charge in [0.05, 0.1) is 11.2 Å². The number of nitrogens with two attached hydrogens (primary N) is 1. The Kier molecular flexibility index (Phi) is 4.32. The van der Waals surface area contributed by atoms with Crippen molar-refractivity contribution in [3.8, 4) is 0 Å². The standard InChI is InChI=1S/C14H11ClFN3O/c15-12-2-1-3-13(16)11(12)8-18-19-14(20)9-4-6-10(17)7-5-9/h1-8H,17H2,(H,19,20)/b18-8-. The van der Waals surface area contributed by atoms with Gasteiger partial charge < -0.3 is 5.73 Å². The molecule has 0 bridgehead atoms. The molecule has 102 valence electrons. The number of rotatable bonds is 3. The average molecular weight is 292 g/mol. The number of anilines is 1. The number of amides is 1. The van der Waals surface area contributed by atoms with Gasteiger partial charge in [-0.2, -0.15) is 5.10 Å². The second-order valence-electron chi connectivity index (χ2n) is 3.96. The highest BCUT2D eigenvalue weighted by Crippen LogP contribution is 2.16. The first-order valence-corrected chi connectivity index (χ1v) is 6.08. The van der Waals surface area contributed by atoms with E-state index in [-0.39, 0.29) is 10.6 Å². The number of nitrogen functional groups attached to an aromatic ring is 1. The highest BCUT2D eigenvalue weighted by atomic mass is 35.5. The minimum absolute atomic E-state index is 0.117. The number of hydrogen-bond donors (Lipinski definition) is 2. The Morgan fingerprint density at radius 1 is 1.25 bits per heavy atom. The van der Waals surface area contributed by atoms with Gasteiger partial charge in [-0.05, 0) is 36.4 Å². The lowest BCUT2D eigenvalue weighted by atomic mass is 10.2. The molecule has 3 N–H and O–H groups in total. The number of benzene rings is 2. The van der Waals surface area contributed by atoms with Crippen LogP contribution in [-0.4, -0.2) is 12.1 Å². The number of hydrogen-bond acceptors (Lipinski definition) is 3. The van der Waals surface area contributed by atoms with Crippen molar-refractivity contribution in [2.24, 2.45) is 5.10 Å². The predicted molar refractivity (Wildman–Crippen MR) is 77.3 cm³/mol. The summed E-state index contributed by atoms with van der Waals surface area (Å²) < 4.78 is 13.4. The van der Waals surface area contributed by atoms with Crippen LogP contribution in [0.15, 0.2) is 47.6 Å². The minimum atomic E-state index is -0.511. The summed E-state index contributed by atoms with van der Waals surface area (Å²) >= 11 is 5.82. The summed E-state index contributed by atoms with van der Waals surface area (Å²) in [5, 5.41) is 3.90. The summed E-state index contributed by atoms with van der Waals surface area (Å²) in [5.74, 6) is -0.934. The maximum atomic E-state index is 13.4. The van der Waals surface area contributed by atoms with Gasteiger partial charge in [0.15, 0.2) is 0 Å². The van der Waals surface area contributed by atoms with Crippen molar-refractivity contribution in [2.45, 2.75) is 0 Å². The summed E-state index contributed by atoms with van der Waals surface area (Å²) in [7, 11) is 0. The first-order chi connectivity index (χ1) is 9.58. The van der Waals surface area contributed by atoms with E-state index in [1.165, 1.54) is 18.2 Å². The van der Waals surface area contributed by atoms with Gasteiger partial charge in [0.25, 0.3) is 5.91 Å². The average Bonchev–Trinajstić information content (AvgIpc) is 2.42. The minimum Gasteiger partial charge on any atom is -0.399 e. The molecule has 0 atom stereocenters. The van der Waals surface area contributed by atoms with E-state index >= 15 is 0 Å². The Labute approximate surface area is 120 Å². The van der Waals surface area contributed by atoms with Gasteiger partial charge in [0.2, 0.25) is 0 Å². The van der Waals surface area contributed by atoms with E-state index in [4.69, 9.17) is 17.3 Å². The maximum Gasteiger partial charge on any atom is 0.271 e. The van der Waals surface area contributed by atoms with E-state index in [1.807, 2.05) is 0 Å². The number of nitrogens with one attached hydrogen (secondary N) is 1. The van der Waals surface area contributed by atoms with Crippen LogP contribution in [0.25, 0.3) is 0 Å². The third-order valence-electron chi connectivity index (χ3n) is 2.53. The van der Waals surface area contributed by atoms with Crippen molar-refractivity contribution in [3.05, 3.63) is 64.4 Å². The van der Waals surface area contributed by atoms with Crippen LogP contribution in [0.3, 0.4) is 0 Å². The number of nitrogens with zero attached hydrogens (tertiary/aromatic N) is 1. The molecule has 4 nitrogen and oxygen atoms in total. The molecule has 0 saturated carbocycles. The highest BCUT2D eigenvalue weighted by Gasteiger charge is 2.05. The van der Waals surface area contributed by atoms with Crippen LogP contribution in [0.4, 0.5) is 10.1 Å². The fraction of sp³-hybridized carbons (Fsp3) is 0. The van der Waals surface area contributed by atoms with E-state index in [2.05, 4.69) is 10.5 Å². The molecule has 2 aromatic carbocycles. The molecule has 0 heterocycles. The number of carbonyl (C=O) groups excluding carboxylic acids is 1. The van der Waals surface area contributed by atoms with Crippen molar-refractivity contribution in [1.82, 2.24) is 5.43 Å².